The van der Waals surface area contributed by atoms with Crippen LogP contribution in [0.4, 0.5) is 18.9 Å². The van der Waals surface area contributed by atoms with Crippen molar-refractivity contribution in [3.05, 3.63) is 41.1 Å². The van der Waals surface area contributed by atoms with Crippen molar-refractivity contribution in [2.75, 3.05) is 11.9 Å². The highest BCUT2D eigenvalue weighted by atomic mass is 35.5. The van der Waals surface area contributed by atoms with Crippen LogP contribution in [0.5, 0.6) is 0 Å². The molecule has 0 aliphatic carbocycles. The van der Waals surface area contributed by atoms with Crippen LogP contribution in [0.3, 0.4) is 0 Å². The Balaban J connectivity index is 2.04. The lowest BCUT2D eigenvalue weighted by Crippen LogP contribution is -2.23. The van der Waals surface area contributed by atoms with Crippen molar-refractivity contribution < 1.29 is 17.9 Å². The number of anilines is 1. The predicted octanol–water partition coefficient (Wildman–Crippen LogP) is 4.46. The van der Waals surface area contributed by atoms with E-state index in [1.54, 1.807) is 6.26 Å². The molecular weight excluding hydrogens is 279 g/mol. The molecule has 0 radical (unpaired) electrons. The minimum atomic E-state index is -4.37. The fourth-order valence-electron chi connectivity index (χ4n) is 1.80. The molecule has 1 aromatic rings. The van der Waals surface area contributed by atoms with E-state index in [4.69, 9.17) is 16.3 Å². The third-order valence-electron chi connectivity index (χ3n) is 2.84. The third kappa shape index (κ3) is 3.80. The van der Waals surface area contributed by atoms with Crippen LogP contribution >= 0.6 is 11.6 Å². The summed E-state index contributed by atoms with van der Waals surface area (Å²) in [5.41, 5.74) is -0.446. The highest BCUT2D eigenvalue weighted by molar-refractivity contribution is 6.33. The van der Waals surface area contributed by atoms with Gasteiger partial charge in [0.25, 0.3) is 0 Å². The number of rotatable bonds is 3. The highest BCUT2D eigenvalue weighted by Crippen LogP contribution is 2.33. The number of hydrogen-bond donors (Lipinski definition) is 1. The van der Waals surface area contributed by atoms with E-state index < -0.39 is 11.7 Å². The first kappa shape index (κ1) is 14.1. The second-order valence-electron chi connectivity index (χ2n) is 4.28. The van der Waals surface area contributed by atoms with E-state index in [2.05, 4.69) is 5.32 Å². The summed E-state index contributed by atoms with van der Waals surface area (Å²) in [6, 6.07) is 3.22. The first-order chi connectivity index (χ1) is 8.97. The van der Waals surface area contributed by atoms with Crippen molar-refractivity contribution in [2.45, 2.75) is 25.1 Å². The van der Waals surface area contributed by atoms with Crippen molar-refractivity contribution in [1.82, 2.24) is 0 Å². The van der Waals surface area contributed by atoms with Crippen molar-refractivity contribution in [2.24, 2.45) is 0 Å². The summed E-state index contributed by atoms with van der Waals surface area (Å²) in [6.07, 6.45) is 0.848. The average molecular weight is 292 g/mol. The zero-order valence-corrected chi connectivity index (χ0v) is 10.8. The summed E-state index contributed by atoms with van der Waals surface area (Å²) in [7, 11) is 0. The highest BCUT2D eigenvalue weighted by Gasteiger charge is 2.31. The van der Waals surface area contributed by atoms with Gasteiger partial charge in [0, 0.05) is 0 Å². The molecule has 1 aliphatic rings. The maximum atomic E-state index is 12.6. The Labute approximate surface area is 114 Å². The second-order valence-corrected chi connectivity index (χ2v) is 4.69. The molecule has 104 valence electrons. The average Bonchev–Trinajstić information content (AvgIpc) is 2.37. The van der Waals surface area contributed by atoms with Gasteiger partial charge in [0.15, 0.2) is 0 Å². The van der Waals surface area contributed by atoms with Crippen molar-refractivity contribution >= 4 is 17.3 Å². The number of allylic oxidation sites excluding steroid dienone is 1. The molecule has 1 N–H and O–H groups in total. The van der Waals surface area contributed by atoms with Crippen molar-refractivity contribution in [3.63, 3.8) is 0 Å². The van der Waals surface area contributed by atoms with E-state index in [-0.39, 0.29) is 16.8 Å². The largest absolute Gasteiger partial charge is 0.497 e. The fraction of sp³-hybridized carbons (Fsp3) is 0.385. The van der Waals surface area contributed by atoms with Crippen LogP contribution in [-0.4, -0.2) is 12.6 Å². The van der Waals surface area contributed by atoms with Gasteiger partial charge in [-0.05, 0) is 37.1 Å². The van der Waals surface area contributed by atoms with Crippen LogP contribution in [0.2, 0.25) is 5.02 Å². The van der Waals surface area contributed by atoms with E-state index in [0.29, 0.717) is 6.54 Å². The van der Waals surface area contributed by atoms with Crippen LogP contribution in [0.1, 0.15) is 18.4 Å². The molecule has 1 heterocycles. The van der Waals surface area contributed by atoms with Gasteiger partial charge in [-0.25, -0.2) is 0 Å². The van der Waals surface area contributed by atoms with E-state index in [9.17, 15) is 13.2 Å². The summed E-state index contributed by atoms with van der Waals surface area (Å²) in [5.74, 6) is 0. The zero-order chi connectivity index (χ0) is 13.9. The van der Waals surface area contributed by atoms with Gasteiger partial charge < -0.3 is 10.1 Å². The van der Waals surface area contributed by atoms with Gasteiger partial charge in [0.1, 0.15) is 6.10 Å². The van der Waals surface area contributed by atoms with Crippen LogP contribution in [0, 0.1) is 0 Å². The molecule has 0 saturated heterocycles. The van der Waals surface area contributed by atoms with Crippen LogP contribution < -0.4 is 5.32 Å². The molecule has 0 spiro atoms. The standard InChI is InChI=1S/C13H13ClF3NO/c14-11-5-4-9(13(15,16)17)7-12(11)18-8-10-3-1-2-6-19-10/h2,4-7,10,18H,1,3,8H2. The molecule has 0 fully saturated rings. The summed E-state index contributed by atoms with van der Waals surface area (Å²) in [4.78, 5) is 0. The van der Waals surface area contributed by atoms with Gasteiger partial charge in [-0.1, -0.05) is 11.6 Å². The molecule has 0 amide bonds. The first-order valence-corrected chi connectivity index (χ1v) is 6.25. The van der Waals surface area contributed by atoms with E-state index in [1.165, 1.54) is 6.07 Å². The third-order valence-corrected chi connectivity index (χ3v) is 3.17. The fourth-order valence-corrected chi connectivity index (χ4v) is 1.98. The molecular formula is C13H13ClF3NO. The number of benzene rings is 1. The van der Waals surface area contributed by atoms with Crippen LogP contribution in [-0.2, 0) is 10.9 Å². The summed E-state index contributed by atoms with van der Waals surface area (Å²) in [6.45, 7) is 0.422. The molecule has 19 heavy (non-hydrogen) atoms. The zero-order valence-electron chi connectivity index (χ0n) is 10.0. The molecule has 1 unspecified atom stereocenters. The molecule has 6 heteroatoms. The lowest BCUT2D eigenvalue weighted by atomic mass is 10.1. The van der Waals surface area contributed by atoms with Gasteiger partial charge in [-0.3, -0.25) is 0 Å². The number of halogens is 4. The number of nitrogens with one attached hydrogen (secondary N) is 1. The van der Waals surface area contributed by atoms with Crippen LogP contribution in [0.25, 0.3) is 0 Å². The van der Waals surface area contributed by atoms with Crippen molar-refractivity contribution in [1.29, 1.82) is 0 Å². The summed E-state index contributed by atoms with van der Waals surface area (Å²) in [5, 5.41) is 3.17. The Hall–Kier alpha value is -1.36. The van der Waals surface area contributed by atoms with Gasteiger partial charge in [0.2, 0.25) is 0 Å². The molecule has 0 bridgehead atoms. The maximum absolute atomic E-state index is 12.6. The van der Waals surface area contributed by atoms with Gasteiger partial charge in [-0.15, -0.1) is 0 Å². The Morgan fingerprint density at radius 3 is 2.79 bits per heavy atom. The maximum Gasteiger partial charge on any atom is 0.416 e. The molecule has 2 rings (SSSR count). The van der Waals surface area contributed by atoms with E-state index in [0.717, 1.165) is 25.0 Å². The van der Waals surface area contributed by atoms with Crippen LogP contribution in [0.15, 0.2) is 30.5 Å². The SMILES string of the molecule is FC(F)(F)c1ccc(Cl)c(NCC2CCC=CO2)c1. The molecule has 1 atom stereocenters. The minimum Gasteiger partial charge on any atom is -0.497 e. The Bertz CT molecular complexity index is 473. The van der Waals surface area contributed by atoms with Gasteiger partial charge in [0.05, 0.1) is 29.1 Å². The topological polar surface area (TPSA) is 21.3 Å². The normalized spacial score (nSPS) is 19.1. The smallest absolute Gasteiger partial charge is 0.416 e. The van der Waals surface area contributed by atoms with E-state index in [1.807, 2.05) is 6.08 Å². The molecule has 0 saturated carbocycles. The first-order valence-electron chi connectivity index (χ1n) is 5.88. The van der Waals surface area contributed by atoms with Gasteiger partial charge >= 0.3 is 6.18 Å². The Morgan fingerprint density at radius 1 is 1.37 bits per heavy atom. The molecule has 0 aromatic heterocycles. The number of hydrogen-bond acceptors (Lipinski definition) is 2. The summed E-state index contributed by atoms with van der Waals surface area (Å²) >= 11 is 5.88. The number of ether oxygens (including phenoxy) is 1. The number of alkyl halides is 3. The minimum absolute atomic E-state index is 0.0457. The van der Waals surface area contributed by atoms with E-state index >= 15 is 0 Å². The lowest BCUT2D eigenvalue weighted by molar-refractivity contribution is -0.137. The van der Waals surface area contributed by atoms with Gasteiger partial charge in [-0.2, -0.15) is 13.2 Å². The predicted molar refractivity (Wildman–Crippen MR) is 68.2 cm³/mol. The van der Waals surface area contributed by atoms with Crippen molar-refractivity contribution in [3.8, 4) is 0 Å². The molecule has 2 nitrogen and oxygen atoms in total. The summed E-state index contributed by atoms with van der Waals surface area (Å²) < 4.78 is 43.1. The Morgan fingerprint density at radius 2 is 2.16 bits per heavy atom. The molecule has 1 aliphatic heterocycles. The molecule has 1 aromatic carbocycles. The monoisotopic (exact) mass is 291 g/mol. The quantitative estimate of drug-likeness (QED) is 0.887. The lowest BCUT2D eigenvalue weighted by Gasteiger charge is -2.21. The Kier molecular flexibility index (Phi) is 4.24. The second kappa shape index (κ2) is 5.74.